The van der Waals surface area contributed by atoms with Crippen molar-refractivity contribution in [1.29, 1.82) is 0 Å². The zero-order valence-corrected chi connectivity index (χ0v) is 13.1. The number of benzene rings is 2. The van der Waals surface area contributed by atoms with E-state index in [2.05, 4.69) is 15.9 Å². The highest BCUT2D eigenvalue weighted by atomic mass is 79.9. The average molecular weight is 335 g/mol. The molecule has 1 N–H and O–H groups in total. The second-order valence-electron chi connectivity index (χ2n) is 4.87. The molecule has 3 heteroatoms. The van der Waals surface area contributed by atoms with Crippen LogP contribution in [0.4, 0.5) is 0 Å². The monoisotopic (exact) mass is 334 g/mol. The Morgan fingerprint density at radius 2 is 1.60 bits per heavy atom. The maximum Gasteiger partial charge on any atom is 0.118 e. The van der Waals surface area contributed by atoms with E-state index in [4.69, 9.17) is 4.74 Å². The number of hydrogen-bond donors (Lipinski definition) is 1. The first-order valence-corrected chi connectivity index (χ1v) is 7.52. The van der Waals surface area contributed by atoms with E-state index in [1.165, 1.54) is 5.56 Å². The molecule has 0 radical (unpaired) electrons. The molecule has 0 aliphatic heterocycles. The van der Waals surface area contributed by atoms with Gasteiger partial charge in [-0.2, -0.15) is 0 Å². The van der Waals surface area contributed by atoms with Crippen LogP contribution in [0.2, 0.25) is 0 Å². The molecule has 20 heavy (non-hydrogen) atoms. The molecule has 0 spiro atoms. The molecule has 0 fully saturated rings. The van der Waals surface area contributed by atoms with Gasteiger partial charge < -0.3 is 9.84 Å². The minimum absolute atomic E-state index is 0.307. The first-order valence-electron chi connectivity index (χ1n) is 6.73. The van der Waals surface area contributed by atoms with Gasteiger partial charge in [0.1, 0.15) is 5.75 Å². The summed E-state index contributed by atoms with van der Waals surface area (Å²) in [5.74, 6) is 0.865. The summed E-state index contributed by atoms with van der Waals surface area (Å²) in [4.78, 5) is 0. The third-order valence-electron chi connectivity index (χ3n) is 3.31. The molecule has 0 saturated carbocycles. The van der Waals surface area contributed by atoms with Crippen molar-refractivity contribution in [3.05, 3.63) is 64.1 Å². The van der Waals surface area contributed by atoms with Crippen LogP contribution in [0.5, 0.6) is 5.75 Å². The zero-order valence-electron chi connectivity index (χ0n) is 11.6. The first-order chi connectivity index (χ1) is 9.67. The van der Waals surface area contributed by atoms with Gasteiger partial charge in [0, 0.05) is 4.47 Å². The van der Waals surface area contributed by atoms with E-state index < -0.39 is 0 Å². The SMILES string of the molecule is COc1ccc(CCC(O)Cc2ccc(Br)cc2)cc1. The van der Waals surface area contributed by atoms with Crippen molar-refractivity contribution >= 4 is 15.9 Å². The summed E-state index contributed by atoms with van der Waals surface area (Å²) in [5.41, 5.74) is 2.39. The summed E-state index contributed by atoms with van der Waals surface area (Å²) in [6, 6.07) is 16.1. The van der Waals surface area contributed by atoms with E-state index in [1.807, 2.05) is 48.5 Å². The van der Waals surface area contributed by atoms with Crippen LogP contribution in [-0.2, 0) is 12.8 Å². The minimum Gasteiger partial charge on any atom is -0.497 e. The quantitative estimate of drug-likeness (QED) is 0.865. The second kappa shape index (κ2) is 7.46. The summed E-state index contributed by atoms with van der Waals surface area (Å²) >= 11 is 3.41. The number of halogens is 1. The van der Waals surface area contributed by atoms with Crippen LogP contribution < -0.4 is 4.74 Å². The smallest absolute Gasteiger partial charge is 0.118 e. The van der Waals surface area contributed by atoms with Gasteiger partial charge in [0.15, 0.2) is 0 Å². The van der Waals surface area contributed by atoms with Gasteiger partial charge in [-0.1, -0.05) is 40.2 Å². The summed E-state index contributed by atoms with van der Waals surface area (Å²) < 4.78 is 6.19. The Morgan fingerprint density at radius 3 is 2.20 bits per heavy atom. The fraction of sp³-hybridized carbons (Fsp3) is 0.294. The maximum atomic E-state index is 10.1. The van der Waals surface area contributed by atoms with E-state index in [0.29, 0.717) is 6.42 Å². The number of hydrogen-bond acceptors (Lipinski definition) is 2. The largest absolute Gasteiger partial charge is 0.497 e. The fourth-order valence-corrected chi connectivity index (χ4v) is 2.38. The van der Waals surface area contributed by atoms with Crippen molar-refractivity contribution < 1.29 is 9.84 Å². The van der Waals surface area contributed by atoms with Crippen molar-refractivity contribution in [2.75, 3.05) is 7.11 Å². The Morgan fingerprint density at radius 1 is 1.00 bits per heavy atom. The summed E-state index contributed by atoms with van der Waals surface area (Å²) in [6.07, 6.45) is 2.03. The van der Waals surface area contributed by atoms with Gasteiger partial charge in [-0.25, -0.2) is 0 Å². The lowest BCUT2D eigenvalue weighted by atomic mass is 10.0. The van der Waals surface area contributed by atoms with Crippen LogP contribution >= 0.6 is 15.9 Å². The van der Waals surface area contributed by atoms with Gasteiger partial charge in [-0.05, 0) is 54.7 Å². The normalized spacial score (nSPS) is 12.2. The molecular weight excluding hydrogens is 316 g/mol. The van der Waals surface area contributed by atoms with Crippen molar-refractivity contribution in [2.24, 2.45) is 0 Å². The number of methoxy groups -OCH3 is 1. The molecule has 0 heterocycles. The Hall–Kier alpha value is -1.32. The van der Waals surface area contributed by atoms with Gasteiger partial charge >= 0.3 is 0 Å². The third-order valence-corrected chi connectivity index (χ3v) is 3.84. The minimum atomic E-state index is -0.307. The number of aryl methyl sites for hydroxylation is 1. The Kier molecular flexibility index (Phi) is 5.62. The molecule has 0 amide bonds. The van der Waals surface area contributed by atoms with Gasteiger partial charge in [0.05, 0.1) is 13.2 Å². The van der Waals surface area contributed by atoms with Gasteiger partial charge in [-0.3, -0.25) is 0 Å². The zero-order chi connectivity index (χ0) is 14.4. The lowest BCUT2D eigenvalue weighted by molar-refractivity contribution is 0.165. The molecule has 106 valence electrons. The van der Waals surface area contributed by atoms with E-state index in [-0.39, 0.29) is 6.10 Å². The molecule has 2 aromatic carbocycles. The van der Waals surface area contributed by atoms with Gasteiger partial charge in [0.25, 0.3) is 0 Å². The summed E-state index contributed by atoms with van der Waals surface area (Å²) in [7, 11) is 1.66. The molecule has 2 aromatic rings. The van der Waals surface area contributed by atoms with Gasteiger partial charge in [-0.15, -0.1) is 0 Å². The highest BCUT2D eigenvalue weighted by Crippen LogP contribution is 2.16. The maximum absolute atomic E-state index is 10.1. The van der Waals surface area contributed by atoms with Crippen LogP contribution in [0.15, 0.2) is 53.0 Å². The molecule has 1 unspecified atom stereocenters. The number of rotatable bonds is 6. The Labute approximate surface area is 128 Å². The van der Waals surface area contributed by atoms with E-state index in [1.54, 1.807) is 7.11 Å². The molecule has 0 aliphatic rings. The second-order valence-corrected chi connectivity index (χ2v) is 5.79. The molecule has 0 saturated heterocycles. The van der Waals surface area contributed by atoms with Crippen LogP contribution in [0.25, 0.3) is 0 Å². The van der Waals surface area contributed by atoms with Crippen LogP contribution in [-0.4, -0.2) is 18.3 Å². The average Bonchev–Trinajstić information content (AvgIpc) is 2.48. The van der Waals surface area contributed by atoms with Crippen LogP contribution in [0.1, 0.15) is 17.5 Å². The predicted molar refractivity (Wildman–Crippen MR) is 85.2 cm³/mol. The number of ether oxygens (including phenoxy) is 1. The number of aliphatic hydroxyl groups excluding tert-OH is 1. The topological polar surface area (TPSA) is 29.5 Å². The Balaban J connectivity index is 1.82. The van der Waals surface area contributed by atoms with Crippen LogP contribution in [0.3, 0.4) is 0 Å². The summed E-state index contributed by atoms with van der Waals surface area (Å²) in [5, 5.41) is 10.1. The third kappa shape index (κ3) is 4.66. The van der Waals surface area contributed by atoms with Crippen molar-refractivity contribution in [3.63, 3.8) is 0 Å². The molecule has 2 rings (SSSR count). The number of aliphatic hydroxyl groups is 1. The van der Waals surface area contributed by atoms with E-state index in [9.17, 15) is 5.11 Å². The molecule has 2 nitrogen and oxygen atoms in total. The molecule has 0 aromatic heterocycles. The molecule has 0 bridgehead atoms. The van der Waals surface area contributed by atoms with Crippen molar-refractivity contribution in [2.45, 2.75) is 25.4 Å². The Bertz CT molecular complexity index is 520. The molecule has 1 atom stereocenters. The first kappa shape index (κ1) is 15.1. The highest BCUT2D eigenvalue weighted by Gasteiger charge is 2.06. The van der Waals surface area contributed by atoms with Crippen molar-refractivity contribution in [1.82, 2.24) is 0 Å². The predicted octanol–water partition coefficient (Wildman–Crippen LogP) is 3.99. The lowest BCUT2D eigenvalue weighted by Crippen LogP contribution is -2.11. The van der Waals surface area contributed by atoms with E-state index >= 15 is 0 Å². The van der Waals surface area contributed by atoms with Crippen molar-refractivity contribution in [3.8, 4) is 5.75 Å². The standard InChI is InChI=1S/C17H19BrO2/c1-20-17-10-5-13(6-11-17)4-9-16(19)12-14-2-7-15(18)8-3-14/h2-3,5-8,10-11,16,19H,4,9,12H2,1H3. The van der Waals surface area contributed by atoms with Crippen LogP contribution in [0, 0.1) is 0 Å². The van der Waals surface area contributed by atoms with E-state index in [0.717, 1.165) is 28.6 Å². The lowest BCUT2D eigenvalue weighted by Gasteiger charge is -2.11. The summed E-state index contributed by atoms with van der Waals surface area (Å²) in [6.45, 7) is 0. The molecular formula is C17H19BrO2. The molecule has 0 aliphatic carbocycles. The van der Waals surface area contributed by atoms with Gasteiger partial charge in [0.2, 0.25) is 0 Å². The fourth-order valence-electron chi connectivity index (χ4n) is 2.12. The highest BCUT2D eigenvalue weighted by molar-refractivity contribution is 9.10.